The van der Waals surface area contributed by atoms with Gasteiger partial charge in [0.1, 0.15) is 0 Å². The van der Waals surface area contributed by atoms with Crippen molar-refractivity contribution in [2.75, 3.05) is 5.73 Å². The Labute approximate surface area is 70.0 Å². The molecule has 4 heteroatoms. The zero-order valence-corrected chi connectivity index (χ0v) is 6.78. The maximum Gasteiger partial charge on any atom is 0.200 e. The van der Waals surface area contributed by atoms with Gasteiger partial charge in [-0.05, 0) is 6.07 Å². The van der Waals surface area contributed by atoms with E-state index in [0.717, 1.165) is 11.3 Å². The topological polar surface area (TPSA) is 59.6 Å². The molecular weight excluding hydrogens is 152 g/mol. The first-order valence-electron chi connectivity index (χ1n) is 3.69. The molecule has 0 aromatic carbocycles. The molecule has 0 aliphatic heterocycles. The summed E-state index contributed by atoms with van der Waals surface area (Å²) in [6.45, 7) is 0. The van der Waals surface area contributed by atoms with Crippen LogP contribution in [0.15, 0.2) is 24.7 Å². The predicted octanol–water partition coefficient (Wildman–Crippen LogP) is 0.997. The minimum Gasteiger partial charge on any atom is -0.369 e. The van der Waals surface area contributed by atoms with Crippen molar-refractivity contribution in [3.8, 4) is 11.3 Å². The highest BCUT2D eigenvalue weighted by Gasteiger charge is 2.04. The molecule has 0 saturated heterocycles. The quantitative estimate of drug-likeness (QED) is 0.657. The molecule has 12 heavy (non-hydrogen) atoms. The molecule has 0 unspecified atom stereocenters. The van der Waals surface area contributed by atoms with E-state index in [9.17, 15) is 0 Å². The van der Waals surface area contributed by atoms with E-state index in [1.54, 1.807) is 6.20 Å². The van der Waals surface area contributed by atoms with Crippen LogP contribution < -0.4 is 5.73 Å². The normalized spacial score (nSPS) is 10.4. The standard InChI is InChI=1S/C8H10N4/c1-12-7(5-11-8(12)9)6-2-3-10-4-6/h2-5,10H,1H3,(H2,9,11). The highest BCUT2D eigenvalue weighted by molar-refractivity contribution is 5.59. The summed E-state index contributed by atoms with van der Waals surface area (Å²) in [6.07, 6.45) is 5.55. The molecule has 0 radical (unpaired) electrons. The van der Waals surface area contributed by atoms with Gasteiger partial charge in [-0.3, -0.25) is 0 Å². The Balaban J connectivity index is 2.55. The number of nitrogen functional groups attached to an aromatic ring is 1. The third kappa shape index (κ3) is 0.887. The van der Waals surface area contributed by atoms with Crippen molar-refractivity contribution >= 4 is 5.95 Å². The Hall–Kier alpha value is -1.71. The van der Waals surface area contributed by atoms with E-state index in [1.807, 2.05) is 30.1 Å². The molecule has 3 N–H and O–H groups in total. The van der Waals surface area contributed by atoms with Gasteiger partial charge in [0.15, 0.2) is 5.95 Å². The second-order valence-corrected chi connectivity index (χ2v) is 2.66. The number of aromatic amines is 1. The monoisotopic (exact) mass is 162 g/mol. The number of anilines is 1. The second kappa shape index (κ2) is 2.41. The highest BCUT2D eigenvalue weighted by atomic mass is 15.1. The van der Waals surface area contributed by atoms with Crippen LogP contribution in [0.3, 0.4) is 0 Å². The lowest BCUT2D eigenvalue weighted by molar-refractivity contribution is 0.938. The lowest BCUT2D eigenvalue weighted by atomic mass is 10.3. The Bertz CT molecular complexity index is 372. The third-order valence-electron chi connectivity index (χ3n) is 1.92. The van der Waals surface area contributed by atoms with Crippen LogP contribution in [0.5, 0.6) is 0 Å². The molecule has 2 aromatic rings. The largest absolute Gasteiger partial charge is 0.369 e. The summed E-state index contributed by atoms with van der Waals surface area (Å²) in [4.78, 5) is 6.98. The van der Waals surface area contributed by atoms with Gasteiger partial charge in [0.25, 0.3) is 0 Å². The Kier molecular flexibility index (Phi) is 1.40. The van der Waals surface area contributed by atoms with Crippen LogP contribution in [0.4, 0.5) is 5.95 Å². The van der Waals surface area contributed by atoms with E-state index in [0.29, 0.717) is 5.95 Å². The van der Waals surface area contributed by atoms with Gasteiger partial charge in [0.05, 0.1) is 11.9 Å². The van der Waals surface area contributed by atoms with E-state index < -0.39 is 0 Å². The lowest BCUT2D eigenvalue weighted by Crippen LogP contribution is -1.97. The molecule has 0 spiro atoms. The molecule has 0 aliphatic rings. The summed E-state index contributed by atoms with van der Waals surface area (Å²) < 4.78 is 1.85. The van der Waals surface area contributed by atoms with E-state index in [-0.39, 0.29) is 0 Å². The molecule has 0 aliphatic carbocycles. The van der Waals surface area contributed by atoms with Gasteiger partial charge in [-0.1, -0.05) is 0 Å². The van der Waals surface area contributed by atoms with E-state index in [1.165, 1.54) is 0 Å². The molecule has 2 rings (SSSR count). The average molecular weight is 162 g/mol. The average Bonchev–Trinajstić information content (AvgIpc) is 2.64. The number of hydrogen-bond donors (Lipinski definition) is 2. The van der Waals surface area contributed by atoms with Crippen molar-refractivity contribution in [3.63, 3.8) is 0 Å². The molecule has 0 bridgehead atoms. The van der Waals surface area contributed by atoms with Crippen LogP contribution in [0.2, 0.25) is 0 Å². The smallest absolute Gasteiger partial charge is 0.200 e. The van der Waals surface area contributed by atoms with Gasteiger partial charge in [0, 0.05) is 25.0 Å². The molecular formula is C8H10N4. The predicted molar refractivity (Wildman–Crippen MR) is 47.4 cm³/mol. The summed E-state index contributed by atoms with van der Waals surface area (Å²) in [7, 11) is 1.89. The zero-order valence-electron chi connectivity index (χ0n) is 6.78. The molecule has 0 saturated carbocycles. The fourth-order valence-corrected chi connectivity index (χ4v) is 1.18. The first kappa shape index (κ1) is 6.97. The molecule has 4 nitrogen and oxygen atoms in total. The summed E-state index contributed by atoms with van der Waals surface area (Å²) in [6, 6.07) is 1.98. The maximum absolute atomic E-state index is 5.59. The molecule has 0 atom stereocenters. The van der Waals surface area contributed by atoms with Gasteiger partial charge < -0.3 is 15.3 Å². The van der Waals surface area contributed by atoms with Gasteiger partial charge in [-0.2, -0.15) is 0 Å². The number of nitrogens with one attached hydrogen (secondary N) is 1. The number of rotatable bonds is 1. The molecule has 0 amide bonds. The third-order valence-corrected chi connectivity index (χ3v) is 1.92. The summed E-state index contributed by atoms with van der Waals surface area (Å²) in [5.74, 6) is 0.534. The number of nitrogens with two attached hydrogens (primary N) is 1. The van der Waals surface area contributed by atoms with E-state index in [4.69, 9.17) is 5.73 Å². The summed E-state index contributed by atoms with van der Waals surface area (Å²) >= 11 is 0. The van der Waals surface area contributed by atoms with Gasteiger partial charge in [-0.25, -0.2) is 4.98 Å². The van der Waals surface area contributed by atoms with E-state index >= 15 is 0 Å². The molecule has 2 aromatic heterocycles. The van der Waals surface area contributed by atoms with Crippen molar-refractivity contribution in [3.05, 3.63) is 24.7 Å². The van der Waals surface area contributed by atoms with Crippen LogP contribution in [-0.2, 0) is 7.05 Å². The Morgan fingerprint density at radius 2 is 2.42 bits per heavy atom. The highest BCUT2D eigenvalue weighted by Crippen LogP contribution is 2.19. The lowest BCUT2D eigenvalue weighted by Gasteiger charge is -1.99. The van der Waals surface area contributed by atoms with Crippen LogP contribution >= 0.6 is 0 Å². The fourth-order valence-electron chi connectivity index (χ4n) is 1.18. The van der Waals surface area contributed by atoms with Crippen LogP contribution in [0.1, 0.15) is 0 Å². The number of hydrogen-bond acceptors (Lipinski definition) is 2. The fraction of sp³-hybridized carbons (Fsp3) is 0.125. The van der Waals surface area contributed by atoms with Crippen LogP contribution in [-0.4, -0.2) is 14.5 Å². The van der Waals surface area contributed by atoms with Crippen LogP contribution in [0.25, 0.3) is 11.3 Å². The zero-order chi connectivity index (χ0) is 8.55. The molecule has 0 fully saturated rings. The van der Waals surface area contributed by atoms with Gasteiger partial charge in [0.2, 0.25) is 0 Å². The van der Waals surface area contributed by atoms with Crippen molar-refractivity contribution in [1.82, 2.24) is 14.5 Å². The van der Waals surface area contributed by atoms with Crippen molar-refractivity contribution < 1.29 is 0 Å². The Morgan fingerprint density at radius 1 is 1.58 bits per heavy atom. The van der Waals surface area contributed by atoms with Crippen molar-refractivity contribution in [2.45, 2.75) is 0 Å². The summed E-state index contributed by atoms with van der Waals surface area (Å²) in [5, 5.41) is 0. The minimum atomic E-state index is 0.534. The Morgan fingerprint density at radius 3 is 2.92 bits per heavy atom. The molecule has 2 heterocycles. The number of nitrogens with zero attached hydrogens (tertiary/aromatic N) is 2. The van der Waals surface area contributed by atoms with Crippen molar-refractivity contribution in [2.24, 2.45) is 7.05 Å². The van der Waals surface area contributed by atoms with E-state index in [2.05, 4.69) is 9.97 Å². The maximum atomic E-state index is 5.59. The first-order chi connectivity index (χ1) is 5.79. The van der Waals surface area contributed by atoms with Gasteiger partial charge >= 0.3 is 0 Å². The van der Waals surface area contributed by atoms with Crippen LogP contribution in [0, 0.1) is 0 Å². The minimum absolute atomic E-state index is 0.534. The second-order valence-electron chi connectivity index (χ2n) is 2.66. The van der Waals surface area contributed by atoms with Crippen molar-refractivity contribution in [1.29, 1.82) is 0 Å². The molecule has 62 valence electrons. The van der Waals surface area contributed by atoms with Gasteiger partial charge in [-0.15, -0.1) is 0 Å². The summed E-state index contributed by atoms with van der Waals surface area (Å²) in [5.41, 5.74) is 7.71. The SMILES string of the molecule is Cn1c(-c2cc[nH]c2)cnc1N. The number of imidazole rings is 1. The number of H-pyrrole nitrogens is 1. The first-order valence-corrected chi connectivity index (χ1v) is 3.69. The number of aromatic nitrogens is 3.